The fourth-order valence-electron chi connectivity index (χ4n) is 0.952. The van der Waals surface area contributed by atoms with Gasteiger partial charge in [-0.25, -0.2) is 10.4 Å². The van der Waals surface area contributed by atoms with Gasteiger partial charge in [0.25, 0.3) is 5.69 Å². The van der Waals surface area contributed by atoms with E-state index in [1.54, 1.807) is 0 Å². The molecular weight excluding hydrogens is 228 g/mol. The molecule has 0 aliphatic rings. The smallest absolute Gasteiger partial charge is 0.258 e. The second-order valence-corrected chi connectivity index (χ2v) is 2.86. The summed E-state index contributed by atoms with van der Waals surface area (Å²) in [7, 11) is 0. The Morgan fingerprint density at radius 2 is 1.87 bits per heavy atom. The van der Waals surface area contributed by atoms with Gasteiger partial charge in [0.1, 0.15) is 5.69 Å². The van der Waals surface area contributed by atoms with Crippen molar-refractivity contribution in [2.45, 2.75) is 0 Å². The predicted octanol–water partition coefficient (Wildman–Crippen LogP) is 1.34. The topological polar surface area (TPSA) is 116 Å². The molecule has 0 fully saturated rings. The molecule has 2 N–H and O–H groups in total. The van der Waals surface area contributed by atoms with Crippen molar-refractivity contribution in [3.63, 3.8) is 0 Å². The van der Waals surface area contributed by atoms with E-state index in [0.717, 1.165) is 18.2 Å². The highest BCUT2D eigenvalue weighted by Crippen LogP contribution is 2.31. The number of anilines is 1. The SMILES string of the molecule is NN(Cl)c1ccc([N+](=O)[O-])cc1[N+](=O)[O-]. The lowest BCUT2D eigenvalue weighted by Crippen LogP contribution is -2.19. The van der Waals surface area contributed by atoms with E-state index in [4.69, 9.17) is 17.6 Å². The maximum absolute atomic E-state index is 10.5. The van der Waals surface area contributed by atoms with Crippen molar-refractivity contribution in [1.29, 1.82) is 0 Å². The number of nitrogens with zero attached hydrogens (tertiary/aromatic N) is 3. The molecule has 0 heterocycles. The first-order valence-corrected chi connectivity index (χ1v) is 3.90. The fraction of sp³-hybridized carbons (Fsp3) is 0. The highest BCUT2D eigenvalue weighted by atomic mass is 35.5. The first kappa shape index (κ1) is 11.1. The Morgan fingerprint density at radius 3 is 2.27 bits per heavy atom. The van der Waals surface area contributed by atoms with Crippen LogP contribution in [0.3, 0.4) is 0 Å². The third kappa shape index (κ3) is 2.30. The van der Waals surface area contributed by atoms with E-state index in [2.05, 4.69) is 0 Å². The number of nitrogens with two attached hydrogens (primary N) is 1. The van der Waals surface area contributed by atoms with Crippen molar-refractivity contribution < 1.29 is 9.85 Å². The molecule has 1 aromatic rings. The minimum Gasteiger partial charge on any atom is -0.258 e. The molecule has 80 valence electrons. The van der Waals surface area contributed by atoms with Gasteiger partial charge >= 0.3 is 5.69 Å². The van der Waals surface area contributed by atoms with E-state index < -0.39 is 21.2 Å². The van der Waals surface area contributed by atoms with Crippen LogP contribution in [0.1, 0.15) is 0 Å². The van der Waals surface area contributed by atoms with Crippen molar-refractivity contribution in [1.82, 2.24) is 0 Å². The first-order chi connectivity index (χ1) is 6.93. The van der Waals surface area contributed by atoms with E-state index in [1.165, 1.54) is 0 Å². The molecule has 0 amide bonds. The van der Waals surface area contributed by atoms with Gasteiger partial charge in [-0.05, 0) is 6.07 Å². The highest BCUT2D eigenvalue weighted by Gasteiger charge is 2.21. The van der Waals surface area contributed by atoms with Crippen LogP contribution in [0.2, 0.25) is 0 Å². The van der Waals surface area contributed by atoms with Crippen molar-refractivity contribution in [3.8, 4) is 0 Å². The monoisotopic (exact) mass is 232 g/mol. The zero-order chi connectivity index (χ0) is 11.6. The number of benzene rings is 1. The molecule has 0 aliphatic heterocycles. The van der Waals surface area contributed by atoms with Crippen molar-refractivity contribution in [3.05, 3.63) is 38.4 Å². The van der Waals surface area contributed by atoms with E-state index in [1.807, 2.05) is 0 Å². The van der Waals surface area contributed by atoms with Crippen molar-refractivity contribution in [2.75, 3.05) is 4.53 Å². The predicted molar refractivity (Wildman–Crippen MR) is 52.3 cm³/mol. The normalized spacial score (nSPS) is 9.73. The molecule has 0 saturated carbocycles. The van der Waals surface area contributed by atoms with Gasteiger partial charge in [0.05, 0.1) is 15.9 Å². The van der Waals surface area contributed by atoms with Crippen molar-refractivity contribution in [2.24, 2.45) is 5.84 Å². The molecule has 15 heavy (non-hydrogen) atoms. The average molecular weight is 233 g/mol. The number of nitro groups is 2. The average Bonchev–Trinajstić information content (AvgIpc) is 2.16. The van der Waals surface area contributed by atoms with Gasteiger partial charge in [0, 0.05) is 17.8 Å². The maximum Gasteiger partial charge on any atom is 0.302 e. The Labute approximate surface area is 88.2 Å². The Bertz CT molecular complexity index is 422. The minimum atomic E-state index is -0.801. The number of hydrogen-bond acceptors (Lipinski definition) is 6. The molecule has 0 saturated heterocycles. The third-order valence-electron chi connectivity index (χ3n) is 1.60. The van der Waals surface area contributed by atoms with Crippen LogP contribution in [0.15, 0.2) is 18.2 Å². The van der Waals surface area contributed by atoms with E-state index in [-0.39, 0.29) is 5.69 Å². The van der Waals surface area contributed by atoms with E-state index in [9.17, 15) is 20.2 Å². The van der Waals surface area contributed by atoms with Gasteiger partial charge in [-0.15, -0.1) is 0 Å². The summed E-state index contributed by atoms with van der Waals surface area (Å²) >= 11 is 5.32. The summed E-state index contributed by atoms with van der Waals surface area (Å²) in [6.07, 6.45) is 0. The molecule has 1 aromatic carbocycles. The molecule has 0 radical (unpaired) electrons. The summed E-state index contributed by atoms with van der Waals surface area (Å²) in [5.41, 5.74) is -1.04. The summed E-state index contributed by atoms with van der Waals surface area (Å²) in [6, 6.07) is 2.96. The van der Waals surface area contributed by atoms with Gasteiger partial charge in [-0.2, -0.15) is 0 Å². The summed E-state index contributed by atoms with van der Waals surface area (Å²) in [6.45, 7) is 0. The lowest BCUT2D eigenvalue weighted by atomic mass is 10.2. The Balaban J connectivity index is 3.33. The van der Waals surface area contributed by atoms with Crippen molar-refractivity contribution >= 4 is 28.8 Å². The van der Waals surface area contributed by atoms with Gasteiger partial charge in [-0.1, -0.05) is 0 Å². The van der Waals surface area contributed by atoms with Crippen LogP contribution in [0.5, 0.6) is 0 Å². The van der Waals surface area contributed by atoms with E-state index in [0.29, 0.717) is 4.53 Å². The van der Waals surface area contributed by atoms with Gasteiger partial charge in [0.2, 0.25) is 0 Å². The first-order valence-electron chi connectivity index (χ1n) is 3.57. The molecule has 9 heteroatoms. The molecule has 0 bridgehead atoms. The van der Waals surface area contributed by atoms with Gasteiger partial charge < -0.3 is 0 Å². The van der Waals surface area contributed by atoms with Crippen LogP contribution in [-0.2, 0) is 0 Å². The number of rotatable bonds is 3. The molecule has 1 rings (SSSR count). The molecule has 8 nitrogen and oxygen atoms in total. The lowest BCUT2D eigenvalue weighted by Gasteiger charge is -2.07. The Hall–Kier alpha value is -1.93. The zero-order valence-electron chi connectivity index (χ0n) is 7.16. The fourth-order valence-corrected chi connectivity index (χ4v) is 1.10. The number of non-ortho nitro benzene ring substituents is 1. The number of hydrogen-bond donors (Lipinski definition) is 1. The summed E-state index contributed by atoms with van der Waals surface area (Å²) in [5.74, 6) is 5.10. The molecule has 0 spiro atoms. The van der Waals surface area contributed by atoms with E-state index >= 15 is 0 Å². The molecule has 0 aromatic heterocycles. The molecular formula is C6H5ClN4O4. The van der Waals surface area contributed by atoms with Crippen LogP contribution < -0.4 is 10.4 Å². The Kier molecular flexibility index (Phi) is 3.02. The largest absolute Gasteiger partial charge is 0.302 e. The number of hydrazine groups is 1. The maximum atomic E-state index is 10.5. The standard InChI is InChI=1S/C6H5ClN4O4/c7-9(8)5-2-1-4(10(12)13)3-6(5)11(14)15/h1-3H,8H2. The summed E-state index contributed by atoms with van der Waals surface area (Å²) in [5, 5.41) is 20.9. The quantitative estimate of drug-likeness (QED) is 0.364. The summed E-state index contributed by atoms with van der Waals surface area (Å²) < 4.78 is 0.502. The molecule has 0 aliphatic carbocycles. The highest BCUT2D eigenvalue weighted by molar-refractivity contribution is 6.25. The minimum absolute atomic E-state index is 0.118. The van der Waals surface area contributed by atoms with Crippen LogP contribution >= 0.6 is 11.8 Å². The Morgan fingerprint density at radius 1 is 1.27 bits per heavy atom. The van der Waals surface area contributed by atoms with Gasteiger partial charge in [0.15, 0.2) is 0 Å². The van der Waals surface area contributed by atoms with Crippen LogP contribution in [-0.4, -0.2) is 9.85 Å². The number of halogens is 1. The number of nitro benzene ring substituents is 2. The second-order valence-electron chi connectivity index (χ2n) is 2.50. The van der Waals surface area contributed by atoms with Gasteiger partial charge in [-0.3, -0.25) is 20.2 Å². The molecule has 0 unspecified atom stereocenters. The van der Waals surface area contributed by atoms with Crippen LogP contribution in [0, 0.1) is 20.2 Å². The van der Waals surface area contributed by atoms with Crippen LogP contribution in [0.25, 0.3) is 0 Å². The van der Waals surface area contributed by atoms with Crippen LogP contribution in [0.4, 0.5) is 17.1 Å². The molecule has 0 atom stereocenters. The third-order valence-corrected chi connectivity index (χ3v) is 1.78. The zero-order valence-corrected chi connectivity index (χ0v) is 7.92. The second kappa shape index (κ2) is 4.07. The lowest BCUT2D eigenvalue weighted by molar-refractivity contribution is -0.393. The summed E-state index contributed by atoms with van der Waals surface area (Å²) in [4.78, 5) is 19.4.